The molecule has 1 fully saturated rings. The molecule has 1 aliphatic rings. The van der Waals surface area contributed by atoms with Crippen molar-refractivity contribution in [3.8, 4) is 0 Å². The molecular formula is C21H23BrN4O. The molecule has 0 unspecified atom stereocenters. The lowest BCUT2D eigenvalue weighted by atomic mass is 10.0. The van der Waals surface area contributed by atoms with Crippen LogP contribution in [-0.2, 0) is 6.42 Å². The fraction of sp³-hybridized carbons (Fsp3) is 0.381. The van der Waals surface area contributed by atoms with Crippen LogP contribution in [0, 0.1) is 13.8 Å². The van der Waals surface area contributed by atoms with Crippen LogP contribution in [-0.4, -0.2) is 26.5 Å². The molecule has 1 saturated carbocycles. The number of amides is 1. The molecule has 0 saturated heterocycles. The van der Waals surface area contributed by atoms with E-state index in [2.05, 4.69) is 38.5 Å². The van der Waals surface area contributed by atoms with Crippen molar-refractivity contribution in [3.05, 3.63) is 63.0 Å². The van der Waals surface area contributed by atoms with Crippen molar-refractivity contribution in [2.24, 2.45) is 0 Å². The molecule has 2 heterocycles. The van der Waals surface area contributed by atoms with Crippen LogP contribution < -0.4 is 5.32 Å². The smallest absolute Gasteiger partial charge is 0.256 e. The Morgan fingerprint density at radius 1 is 1.30 bits per heavy atom. The summed E-state index contributed by atoms with van der Waals surface area (Å²) in [5, 5.41) is 7.59. The lowest BCUT2D eigenvalue weighted by Gasteiger charge is -2.13. The van der Waals surface area contributed by atoms with E-state index in [9.17, 15) is 4.79 Å². The van der Waals surface area contributed by atoms with Gasteiger partial charge in [0.15, 0.2) is 5.65 Å². The van der Waals surface area contributed by atoms with Crippen LogP contribution in [0.15, 0.2) is 34.9 Å². The van der Waals surface area contributed by atoms with E-state index in [1.54, 1.807) is 10.7 Å². The molecule has 140 valence electrons. The number of halogens is 1. The Bertz CT molecular complexity index is 1000. The Kier molecular flexibility index (Phi) is 5.00. The molecule has 0 bridgehead atoms. The normalized spacial score (nSPS) is 14.8. The van der Waals surface area contributed by atoms with E-state index in [1.165, 1.54) is 18.4 Å². The van der Waals surface area contributed by atoms with Crippen LogP contribution in [0.25, 0.3) is 5.65 Å². The fourth-order valence-electron chi connectivity index (χ4n) is 3.91. The number of rotatable bonds is 4. The van der Waals surface area contributed by atoms with Crippen LogP contribution in [0.2, 0.25) is 0 Å². The minimum atomic E-state index is -0.0667. The highest BCUT2D eigenvalue weighted by Crippen LogP contribution is 2.23. The van der Waals surface area contributed by atoms with Crippen molar-refractivity contribution in [1.29, 1.82) is 0 Å². The van der Waals surface area contributed by atoms with Crippen molar-refractivity contribution < 1.29 is 4.79 Å². The molecule has 3 aromatic rings. The molecule has 1 aromatic carbocycles. The summed E-state index contributed by atoms with van der Waals surface area (Å²) in [6.45, 7) is 4.05. The van der Waals surface area contributed by atoms with Crippen LogP contribution in [0.1, 0.15) is 58.6 Å². The lowest BCUT2D eigenvalue weighted by Crippen LogP contribution is -2.32. The summed E-state index contributed by atoms with van der Waals surface area (Å²) in [5.41, 5.74) is 5.52. The summed E-state index contributed by atoms with van der Waals surface area (Å²) in [7, 11) is 0. The van der Waals surface area contributed by atoms with E-state index in [1.807, 2.05) is 26.0 Å². The molecule has 0 spiro atoms. The van der Waals surface area contributed by atoms with Crippen LogP contribution in [0.4, 0.5) is 0 Å². The summed E-state index contributed by atoms with van der Waals surface area (Å²) in [6.07, 6.45) is 6.93. The number of nitrogens with zero attached hydrogens (tertiary/aromatic N) is 3. The minimum Gasteiger partial charge on any atom is -0.349 e. The number of carbonyl (C=O) groups excluding carboxylic acids is 1. The zero-order valence-electron chi connectivity index (χ0n) is 15.6. The monoisotopic (exact) mass is 426 g/mol. The number of aromatic nitrogens is 3. The number of hydrogen-bond donors (Lipinski definition) is 1. The number of hydrogen-bond acceptors (Lipinski definition) is 3. The van der Waals surface area contributed by atoms with E-state index in [-0.39, 0.29) is 11.9 Å². The second-order valence-electron chi connectivity index (χ2n) is 7.32. The highest BCUT2D eigenvalue weighted by molar-refractivity contribution is 9.10. The first kappa shape index (κ1) is 18.2. The third kappa shape index (κ3) is 3.63. The molecule has 4 rings (SSSR count). The Morgan fingerprint density at radius 3 is 2.81 bits per heavy atom. The van der Waals surface area contributed by atoms with E-state index in [0.29, 0.717) is 11.2 Å². The third-order valence-electron chi connectivity index (χ3n) is 5.41. The number of fused-ring (bicyclic) bond motifs is 1. The maximum atomic E-state index is 12.7. The zero-order valence-corrected chi connectivity index (χ0v) is 17.2. The molecule has 27 heavy (non-hydrogen) atoms. The van der Waals surface area contributed by atoms with Crippen LogP contribution in [0.5, 0.6) is 0 Å². The molecule has 1 N–H and O–H groups in total. The van der Waals surface area contributed by atoms with Gasteiger partial charge in [-0.1, -0.05) is 40.9 Å². The Hall–Kier alpha value is -2.21. The summed E-state index contributed by atoms with van der Waals surface area (Å²) in [6, 6.07) is 8.57. The van der Waals surface area contributed by atoms with Gasteiger partial charge in [-0.3, -0.25) is 4.79 Å². The fourth-order valence-corrected chi connectivity index (χ4v) is 4.36. The predicted octanol–water partition coefficient (Wildman–Crippen LogP) is 4.37. The van der Waals surface area contributed by atoms with E-state index in [0.717, 1.165) is 40.7 Å². The van der Waals surface area contributed by atoms with E-state index in [4.69, 9.17) is 4.98 Å². The first-order valence-electron chi connectivity index (χ1n) is 9.42. The number of aryl methyl sites for hydroxylation is 2. The van der Waals surface area contributed by atoms with Crippen LogP contribution >= 0.6 is 15.9 Å². The maximum Gasteiger partial charge on any atom is 0.256 e. The molecule has 0 aliphatic heterocycles. The van der Waals surface area contributed by atoms with Gasteiger partial charge in [0.25, 0.3) is 5.91 Å². The quantitative estimate of drug-likeness (QED) is 0.673. The van der Waals surface area contributed by atoms with Gasteiger partial charge in [0.05, 0.1) is 6.20 Å². The van der Waals surface area contributed by atoms with Gasteiger partial charge in [0.1, 0.15) is 5.56 Å². The SMILES string of the molecule is Cc1nc2c(C(=O)NC3CCCC3)cnn2c(C)c1Cc1cccc(Br)c1. The molecule has 2 aromatic heterocycles. The van der Waals surface area contributed by atoms with E-state index >= 15 is 0 Å². The Labute approximate surface area is 167 Å². The Morgan fingerprint density at radius 2 is 2.07 bits per heavy atom. The highest BCUT2D eigenvalue weighted by Gasteiger charge is 2.22. The topological polar surface area (TPSA) is 59.3 Å². The summed E-state index contributed by atoms with van der Waals surface area (Å²) >= 11 is 3.53. The molecule has 1 aliphatic carbocycles. The average Bonchev–Trinajstić information content (AvgIpc) is 3.28. The van der Waals surface area contributed by atoms with Gasteiger partial charge in [0, 0.05) is 28.3 Å². The largest absolute Gasteiger partial charge is 0.349 e. The number of nitrogens with one attached hydrogen (secondary N) is 1. The second kappa shape index (κ2) is 7.43. The van der Waals surface area contributed by atoms with Gasteiger partial charge in [-0.2, -0.15) is 5.10 Å². The predicted molar refractivity (Wildman–Crippen MR) is 109 cm³/mol. The molecule has 0 radical (unpaired) electrons. The standard InChI is InChI=1S/C21H23BrN4O/c1-13-18(11-15-6-5-7-16(22)10-15)14(2)26-20(24-13)19(12-23-26)21(27)25-17-8-3-4-9-17/h5-7,10,12,17H,3-4,8-9,11H2,1-2H3,(H,25,27). The molecule has 5 nitrogen and oxygen atoms in total. The van der Waals surface area contributed by atoms with Gasteiger partial charge < -0.3 is 5.32 Å². The van der Waals surface area contributed by atoms with Gasteiger partial charge in [-0.05, 0) is 49.9 Å². The number of benzene rings is 1. The maximum absolute atomic E-state index is 12.7. The summed E-state index contributed by atoms with van der Waals surface area (Å²) in [5.74, 6) is -0.0667. The van der Waals surface area contributed by atoms with E-state index < -0.39 is 0 Å². The van der Waals surface area contributed by atoms with Crippen LogP contribution in [0.3, 0.4) is 0 Å². The first-order valence-corrected chi connectivity index (χ1v) is 10.2. The summed E-state index contributed by atoms with van der Waals surface area (Å²) in [4.78, 5) is 17.4. The average molecular weight is 427 g/mol. The van der Waals surface area contributed by atoms with Crippen molar-refractivity contribution in [1.82, 2.24) is 19.9 Å². The molecular weight excluding hydrogens is 404 g/mol. The van der Waals surface area contributed by atoms with Gasteiger partial charge in [0.2, 0.25) is 0 Å². The third-order valence-corrected chi connectivity index (χ3v) is 5.91. The van der Waals surface area contributed by atoms with Gasteiger partial charge in [-0.15, -0.1) is 0 Å². The highest BCUT2D eigenvalue weighted by atomic mass is 79.9. The zero-order chi connectivity index (χ0) is 19.0. The number of carbonyl (C=O) groups is 1. The van der Waals surface area contributed by atoms with Crippen molar-refractivity contribution in [2.45, 2.75) is 52.0 Å². The minimum absolute atomic E-state index is 0.0667. The molecule has 6 heteroatoms. The lowest BCUT2D eigenvalue weighted by molar-refractivity contribution is 0.0939. The van der Waals surface area contributed by atoms with Crippen molar-refractivity contribution in [3.63, 3.8) is 0 Å². The molecule has 0 atom stereocenters. The Balaban J connectivity index is 1.67. The van der Waals surface area contributed by atoms with Crippen molar-refractivity contribution >= 4 is 27.5 Å². The molecule has 1 amide bonds. The summed E-state index contributed by atoms with van der Waals surface area (Å²) < 4.78 is 2.86. The van der Waals surface area contributed by atoms with Gasteiger partial charge in [-0.25, -0.2) is 9.50 Å². The van der Waals surface area contributed by atoms with Gasteiger partial charge >= 0.3 is 0 Å². The van der Waals surface area contributed by atoms with Crippen molar-refractivity contribution in [2.75, 3.05) is 0 Å². The second-order valence-corrected chi connectivity index (χ2v) is 8.23. The first-order chi connectivity index (χ1) is 13.0.